The van der Waals surface area contributed by atoms with Crippen LogP contribution in [0.4, 0.5) is 0 Å². The number of furan rings is 1. The molecule has 0 bridgehead atoms. The van der Waals surface area contributed by atoms with Crippen LogP contribution in [0.5, 0.6) is 0 Å². The molecule has 5 heteroatoms. The first-order valence-electron chi connectivity index (χ1n) is 5.95. The van der Waals surface area contributed by atoms with Gasteiger partial charge in [0.1, 0.15) is 5.76 Å². The Hall–Kier alpha value is -1.33. The first kappa shape index (κ1) is 12.1. The van der Waals surface area contributed by atoms with Crippen LogP contribution in [0.2, 0.25) is 0 Å². The van der Waals surface area contributed by atoms with Crippen LogP contribution in [0.15, 0.2) is 22.8 Å². The average molecular weight is 238 g/mol. The van der Waals surface area contributed by atoms with Gasteiger partial charge in [0.2, 0.25) is 5.91 Å². The highest BCUT2D eigenvalue weighted by Gasteiger charge is 2.15. The molecule has 17 heavy (non-hydrogen) atoms. The zero-order chi connectivity index (χ0) is 11.9. The molecule has 5 nitrogen and oxygen atoms in total. The van der Waals surface area contributed by atoms with Crippen molar-refractivity contribution in [3.05, 3.63) is 24.2 Å². The normalized spacial score (nSPS) is 16.1. The van der Waals surface area contributed by atoms with Crippen LogP contribution in [0.3, 0.4) is 0 Å². The summed E-state index contributed by atoms with van der Waals surface area (Å²) in [6, 6.07) is 3.81. The van der Waals surface area contributed by atoms with Crippen LogP contribution in [0.25, 0.3) is 0 Å². The summed E-state index contributed by atoms with van der Waals surface area (Å²) < 4.78 is 10.4. The Bertz CT molecular complexity index is 332. The van der Waals surface area contributed by atoms with Gasteiger partial charge in [-0.15, -0.1) is 0 Å². The summed E-state index contributed by atoms with van der Waals surface area (Å²) >= 11 is 0. The SMILES string of the molecule is O=C(CNCCc1ccco1)N1CCOCC1. The summed E-state index contributed by atoms with van der Waals surface area (Å²) in [6.07, 6.45) is 2.47. The van der Waals surface area contributed by atoms with Gasteiger partial charge < -0.3 is 19.4 Å². The van der Waals surface area contributed by atoms with E-state index in [1.807, 2.05) is 17.0 Å². The standard InChI is InChI=1S/C12H18N2O3/c15-12(14-5-8-16-9-6-14)10-13-4-3-11-2-1-7-17-11/h1-2,7,13H,3-6,8-10H2. The third-order valence-electron chi connectivity index (χ3n) is 2.77. The van der Waals surface area contributed by atoms with Crippen molar-refractivity contribution in [3.8, 4) is 0 Å². The topological polar surface area (TPSA) is 54.7 Å². The van der Waals surface area contributed by atoms with Crippen LogP contribution in [0, 0.1) is 0 Å². The highest BCUT2D eigenvalue weighted by atomic mass is 16.5. The molecule has 1 saturated heterocycles. The molecule has 1 fully saturated rings. The molecular formula is C12H18N2O3. The lowest BCUT2D eigenvalue weighted by Crippen LogP contribution is -2.44. The molecule has 0 radical (unpaired) electrons. The molecule has 0 aliphatic carbocycles. The van der Waals surface area contributed by atoms with E-state index in [0.29, 0.717) is 32.8 Å². The fourth-order valence-electron chi connectivity index (χ4n) is 1.79. The second-order valence-electron chi connectivity index (χ2n) is 4.00. The minimum Gasteiger partial charge on any atom is -0.469 e. The van der Waals surface area contributed by atoms with E-state index in [0.717, 1.165) is 18.7 Å². The molecule has 94 valence electrons. The van der Waals surface area contributed by atoms with Crippen molar-refractivity contribution in [2.75, 3.05) is 39.4 Å². The largest absolute Gasteiger partial charge is 0.469 e. The van der Waals surface area contributed by atoms with Gasteiger partial charge in [0.05, 0.1) is 26.0 Å². The molecule has 1 aromatic heterocycles. The second-order valence-corrected chi connectivity index (χ2v) is 4.00. The van der Waals surface area contributed by atoms with Crippen LogP contribution < -0.4 is 5.32 Å². The molecular weight excluding hydrogens is 220 g/mol. The first-order chi connectivity index (χ1) is 8.36. The van der Waals surface area contributed by atoms with Crippen molar-refractivity contribution >= 4 is 5.91 Å². The Morgan fingerprint density at radius 1 is 1.41 bits per heavy atom. The number of rotatable bonds is 5. The number of morpholine rings is 1. The number of carbonyl (C=O) groups is 1. The van der Waals surface area contributed by atoms with Crippen LogP contribution in [0.1, 0.15) is 5.76 Å². The van der Waals surface area contributed by atoms with Gasteiger partial charge in [-0.1, -0.05) is 0 Å². The monoisotopic (exact) mass is 238 g/mol. The summed E-state index contributed by atoms with van der Waals surface area (Å²) in [5, 5.41) is 3.13. The molecule has 0 spiro atoms. The molecule has 0 unspecified atom stereocenters. The lowest BCUT2D eigenvalue weighted by Gasteiger charge is -2.26. The van der Waals surface area contributed by atoms with Crippen molar-refractivity contribution in [1.82, 2.24) is 10.2 Å². The van der Waals surface area contributed by atoms with Gasteiger partial charge in [-0.3, -0.25) is 4.79 Å². The predicted octanol–water partition coefficient (Wildman–Crippen LogP) is 0.270. The zero-order valence-corrected chi connectivity index (χ0v) is 9.85. The van der Waals surface area contributed by atoms with Gasteiger partial charge in [0.15, 0.2) is 0 Å². The van der Waals surface area contributed by atoms with E-state index >= 15 is 0 Å². The molecule has 0 atom stereocenters. The van der Waals surface area contributed by atoms with E-state index in [1.54, 1.807) is 6.26 Å². The molecule has 1 aromatic rings. The van der Waals surface area contributed by atoms with E-state index < -0.39 is 0 Å². The number of carbonyl (C=O) groups excluding carboxylic acids is 1. The summed E-state index contributed by atoms with van der Waals surface area (Å²) in [7, 11) is 0. The van der Waals surface area contributed by atoms with Crippen molar-refractivity contribution in [3.63, 3.8) is 0 Å². The highest BCUT2D eigenvalue weighted by Crippen LogP contribution is 2.00. The van der Waals surface area contributed by atoms with Gasteiger partial charge in [-0.05, 0) is 12.1 Å². The van der Waals surface area contributed by atoms with Gasteiger partial charge in [-0.2, -0.15) is 0 Å². The lowest BCUT2D eigenvalue weighted by molar-refractivity contribution is -0.134. The minimum absolute atomic E-state index is 0.146. The molecule has 1 amide bonds. The molecule has 1 aliphatic rings. The Labute approximate surface area is 101 Å². The molecule has 0 aromatic carbocycles. The number of nitrogens with zero attached hydrogens (tertiary/aromatic N) is 1. The molecule has 2 heterocycles. The fraction of sp³-hybridized carbons (Fsp3) is 0.583. The molecule has 1 aliphatic heterocycles. The van der Waals surface area contributed by atoms with Crippen LogP contribution in [-0.4, -0.2) is 50.2 Å². The second kappa shape index (κ2) is 6.42. The van der Waals surface area contributed by atoms with Crippen LogP contribution >= 0.6 is 0 Å². The molecule has 2 rings (SSSR count). The van der Waals surface area contributed by atoms with E-state index in [-0.39, 0.29) is 5.91 Å². The predicted molar refractivity (Wildman–Crippen MR) is 62.7 cm³/mol. The quantitative estimate of drug-likeness (QED) is 0.748. The van der Waals surface area contributed by atoms with Crippen molar-refractivity contribution in [1.29, 1.82) is 0 Å². The van der Waals surface area contributed by atoms with Crippen molar-refractivity contribution in [2.45, 2.75) is 6.42 Å². The van der Waals surface area contributed by atoms with E-state index in [1.165, 1.54) is 0 Å². The van der Waals surface area contributed by atoms with E-state index in [4.69, 9.17) is 9.15 Å². The van der Waals surface area contributed by atoms with Gasteiger partial charge in [0.25, 0.3) is 0 Å². The maximum absolute atomic E-state index is 11.7. The number of hydrogen-bond donors (Lipinski definition) is 1. The Morgan fingerprint density at radius 2 is 2.24 bits per heavy atom. The third-order valence-corrected chi connectivity index (χ3v) is 2.77. The van der Waals surface area contributed by atoms with E-state index in [9.17, 15) is 4.79 Å². The summed E-state index contributed by atoms with van der Waals surface area (Å²) in [6.45, 7) is 3.86. The number of amides is 1. The summed E-state index contributed by atoms with van der Waals surface area (Å²) in [5.74, 6) is 1.09. The van der Waals surface area contributed by atoms with Gasteiger partial charge in [0, 0.05) is 26.1 Å². The van der Waals surface area contributed by atoms with Crippen molar-refractivity contribution < 1.29 is 13.9 Å². The maximum Gasteiger partial charge on any atom is 0.236 e. The van der Waals surface area contributed by atoms with Gasteiger partial charge in [-0.25, -0.2) is 0 Å². The number of hydrogen-bond acceptors (Lipinski definition) is 4. The highest BCUT2D eigenvalue weighted by molar-refractivity contribution is 5.78. The number of ether oxygens (including phenoxy) is 1. The Balaban J connectivity index is 1.59. The maximum atomic E-state index is 11.7. The zero-order valence-electron chi connectivity index (χ0n) is 9.85. The van der Waals surface area contributed by atoms with Crippen LogP contribution in [-0.2, 0) is 16.0 Å². The summed E-state index contributed by atoms with van der Waals surface area (Å²) in [5.41, 5.74) is 0. The van der Waals surface area contributed by atoms with Gasteiger partial charge >= 0.3 is 0 Å². The molecule has 0 saturated carbocycles. The smallest absolute Gasteiger partial charge is 0.236 e. The first-order valence-corrected chi connectivity index (χ1v) is 5.95. The number of nitrogens with one attached hydrogen (secondary N) is 1. The van der Waals surface area contributed by atoms with E-state index in [2.05, 4.69) is 5.32 Å². The lowest BCUT2D eigenvalue weighted by atomic mass is 10.3. The minimum atomic E-state index is 0.146. The average Bonchev–Trinajstić information content (AvgIpc) is 2.88. The summed E-state index contributed by atoms with van der Waals surface area (Å²) in [4.78, 5) is 13.6. The van der Waals surface area contributed by atoms with Crippen molar-refractivity contribution in [2.24, 2.45) is 0 Å². The Kier molecular flexibility index (Phi) is 4.58. The Morgan fingerprint density at radius 3 is 2.94 bits per heavy atom. The fourth-order valence-corrected chi connectivity index (χ4v) is 1.79. The molecule has 1 N–H and O–H groups in total. The third kappa shape index (κ3) is 3.87.